The molecule has 0 aliphatic heterocycles. The number of aryl methyl sites for hydroxylation is 1. The lowest BCUT2D eigenvalue weighted by Gasteiger charge is -2.14. The summed E-state index contributed by atoms with van der Waals surface area (Å²) in [6.07, 6.45) is 2.36. The van der Waals surface area contributed by atoms with Crippen LogP contribution in [0.2, 0.25) is 0 Å². The number of nitriles is 1. The van der Waals surface area contributed by atoms with Crippen molar-refractivity contribution in [1.29, 1.82) is 5.26 Å². The Morgan fingerprint density at radius 2 is 1.93 bits per heavy atom. The molecule has 5 nitrogen and oxygen atoms in total. The molecule has 0 aliphatic carbocycles. The van der Waals surface area contributed by atoms with Crippen molar-refractivity contribution in [2.75, 3.05) is 18.5 Å². The van der Waals surface area contributed by atoms with Gasteiger partial charge in [0.2, 0.25) is 0 Å². The summed E-state index contributed by atoms with van der Waals surface area (Å²) < 4.78 is 11.4. The number of amides is 1. The quantitative estimate of drug-likeness (QED) is 0.543. The fraction of sp³-hybridized carbons (Fsp3) is 0.273. The van der Waals surface area contributed by atoms with Crippen LogP contribution in [0.25, 0.3) is 6.08 Å². The van der Waals surface area contributed by atoms with E-state index in [1.54, 1.807) is 12.1 Å². The third-order valence-electron chi connectivity index (χ3n) is 3.82. The van der Waals surface area contributed by atoms with Crippen LogP contribution >= 0.6 is 0 Å². The Hall–Kier alpha value is -3.26. The maximum atomic E-state index is 12.6. The van der Waals surface area contributed by atoms with Gasteiger partial charge in [-0.05, 0) is 44.0 Å². The Morgan fingerprint density at radius 3 is 2.59 bits per heavy atom. The largest absolute Gasteiger partial charge is 0.490 e. The van der Waals surface area contributed by atoms with Gasteiger partial charge in [-0.1, -0.05) is 37.3 Å². The molecule has 0 radical (unpaired) electrons. The van der Waals surface area contributed by atoms with Crippen LogP contribution in [-0.2, 0) is 4.79 Å². The summed E-state index contributed by atoms with van der Waals surface area (Å²) in [6.45, 7) is 6.81. The van der Waals surface area contributed by atoms with E-state index < -0.39 is 5.91 Å². The third-order valence-corrected chi connectivity index (χ3v) is 3.82. The first-order valence-electron chi connectivity index (χ1n) is 8.98. The lowest BCUT2D eigenvalue weighted by atomic mass is 10.1. The second-order valence-electron chi connectivity index (χ2n) is 5.89. The predicted molar refractivity (Wildman–Crippen MR) is 107 cm³/mol. The number of anilines is 1. The van der Waals surface area contributed by atoms with Gasteiger partial charge in [-0.2, -0.15) is 5.26 Å². The number of ether oxygens (including phenoxy) is 2. The van der Waals surface area contributed by atoms with Gasteiger partial charge in [0.05, 0.1) is 13.2 Å². The van der Waals surface area contributed by atoms with Crippen LogP contribution < -0.4 is 14.8 Å². The molecule has 0 aliphatic rings. The highest BCUT2D eigenvalue weighted by molar-refractivity contribution is 6.10. The van der Waals surface area contributed by atoms with Crippen molar-refractivity contribution in [3.8, 4) is 17.6 Å². The number of benzene rings is 2. The molecular formula is C22H24N2O3. The van der Waals surface area contributed by atoms with E-state index in [0.717, 1.165) is 12.0 Å². The maximum Gasteiger partial charge on any atom is 0.266 e. The van der Waals surface area contributed by atoms with E-state index in [-0.39, 0.29) is 5.57 Å². The van der Waals surface area contributed by atoms with Gasteiger partial charge in [0.1, 0.15) is 11.6 Å². The van der Waals surface area contributed by atoms with Gasteiger partial charge in [-0.3, -0.25) is 4.79 Å². The van der Waals surface area contributed by atoms with Crippen LogP contribution in [0.3, 0.4) is 0 Å². The highest BCUT2D eigenvalue weighted by Gasteiger charge is 2.15. The zero-order chi connectivity index (χ0) is 19.6. The van der Waals surface area contributed by atoms with Gasteiger partial charge in [-0.15, -0.1) is 0 Å². The average molecular weight is 364 g/mol. The highest BCUT2D eigenvalue weighted by Crippen LogP contribution is 2.33. The molecule has 140 valence electrons. The third kappa shape index (κ3) is 5.35. The van der Waals surface area contributed by atoms with E-state index in [1.165, 1.54) is 6.08 Å². The fourth-order valence-corrected chi connectivity index (χ4v) is 2.48. The Bertz CT molecular complexity index is 866. The molecule has 0 aromatic heterocycles. The second-order valence-corrected chi connectivity index (χ2v) is 5.89. The second kappa shape index (κ2) is 10.0. The summed E-state index contributed by atoms with van der Waals surface area (Å²) in [7, 11) is 0. The Morgan fingerprint density at radius 1 is 1.15 bits per heavy atom. The van der Waals surface area contributed by atoms with Gasteiger partial charge in [-0.25, -0.2) is 0 Å². The number of hydrogen-bond acceptors (Lipinski definition) is 4. The Labute approximate surface area is 160 Å². The van der Waals surface area contributed by atoms with Gasteiger partial charge < -0.3 is 14.8 Å². The lowest BCUT2D eigenvalue weighted by molar-refractivity contribution is -0.112. The normalized spacial score (nSPS) is 10.8. The van der Waals surface area contributed by atoms with Gasteiger partial charge in [0, 0.05) is 11.3 Å². The molecule has 0 bridgehead atoms. The number of carbonyl (C=O) groups is 1. The standard InChI is InChI=1S/C22H24N2O3/c1-4-13-27-21-17(10-8-12-20(21)26-5-2)14-18(15-23)22(25)24-19-11-7-6-9-16(19)3/h6-12,14H,4-5,13H2,1-3H3,(H,24,25)/b18-14+. The molecule has 2 rings (SSSR count). The van der Waals surface area contributed by atoms with Gasteiger partial charge >= 0.3 is 0 Å². The molecule has 1 N–H and O–H groups in total. The molecule has 0 atom stereocenters. The molecule has 0 saturated heterocycles. The Kier molecular flexibility index (Phi) is 7.45. The van der Waals surface area contributed by atoms with Crippen LogP contribution in [0.4, 0.5) is 5.69 Å². The zero-order valence-electron chi connectivity index (χ0n) is 15.9. The number of para-hydroxylation sites is 2. The first-order chi connectivity index (χ1) is 13.1. The Balaban J connectivity index is 2.36. The summed E-state index contributed by atoms with van der Waals surface area (Å²) in [6, 6.07) is 14.8. The number of nitrogens with zero attached hydrogens (tertiary/aromatic N) is 1. The van der Waals surface area contributed by atoms with Crippen molar-refractivity contribution in [2.45, 2.75) is 27.2 Å². The van der Waals surface area contributed by atoms with E-state index in [9.17, 15) is 10.1 Å². The van der Waals surface area contributed by atoms with Crippen LogP contribution in [0, 0.1) is 18.3 Å². The zero-order valence-corrected chi connectivity index (χ0v) is 15.9. The van der Waals surface area contributed by atoms with E-state index >= 15 is 0 Å². The van der Waals surface area contributed by atoms with Crippen LogP contribution in [0.5, 0.6) is 11.5 Å². The number of nitrogens with one attached hydrogen (secondary N) is 1. The predicted octanol–water partition coefficient (Wildman–Crippen LogP) is 4.73. The molecule has 5 heteroatoms. The first kappa shape index (κ1) is 20.1. The van der Waals surface area contributed by atoms with E-state index in [1.807, 2.05) is 57.2 Å². The molecule has 0 fully saturated rings. The topological polar surface area (TPSA) is 71.3 Å². The molecule has 27 heavy (non-hydrogen) atoms. The van der Waals surface area contributed by atoms with Crippen LogP contribution in [0.15, 0.2) is 48.0 Å². The van der Waals surface area contributed by atoms with Crippen molar-refractivity contribution in [3.63, 3.8) is 0 Å². The molecule has 0 saturated carbocycles. The van der Waals surface area contributed by atoms with Crippen LogP contribution in [0.1, 0.15) is 31.4 Å². The smallest absolute Gasteiger partial charge is 0.266 e. The SMILES string of the molecule is CCCOc1c(/C=C(\C#N)C(=O)Nc2ccccc2C)cccc1OCC. The molecule has 0 spiro atoms. The average Bonchev–Trinajstić information content (AvgIpc) is 2.67. The van der Waals surface area contributed by atoms with Crippen molar-refractivity contribution in [2.24, 2.45) is 0 Å². The summed E-state index contributed by atoms with van der Waals surface area (Å²) in [4.78, 5) is 12.6. The fourth-order valence-electron chi connectivity index (χ4n) is 2.48. The van der Waals surface area contributed by atoms with Crippen molar-refractivity contribution in [1.82, 2.24) is 0 Å². The van der Waals surface area contributed by atoms with Crippen molar-refractivity contribution >= 4 is 17.7 Å². The minimum absolute atomic E-state index is 0.00625. The molecule has 0 heterocycles. The monoisotopic (exact) mass is 364 g/mol. The van der Waals surface area contributed by atoms with E-state index in [0.29, 0.717) is 36.0 Å². The summed E-state index contributed by atoms with van der Waals surface area (Å²) in [5.74, 6) is 0.670. The minimum Gasteiger partial charge on any atom is -0.490 e. The van der Waals surface area contributed by atoms with Crippen LogP contribution in [-0.4, -0.2) is 19.1 Å². The molecule has 2 aromatic rings. The number of hydrogen-bond donors (Lipinski definition) is 1. The molecular weight excluding hydrogens is 340 g/mol. The number of rotatable bonds is 8. The van der Waals surface area contributed by atoms with Gasteiger partial charge in [0.25, 0.3) is 5.91 Å². The van der Waals surface area contributed by atoms with Gasteiger partial charge in [0.15, 0.2) is 11.5 Å². The first-order valence-corrected chi connectivity index (χ1v) is 8.98. The lowest BCUT2D eigenvalue weighted by Crippen LogP contribution is -2.14. The highest BCUT2D eigenvalue weighted by atomic mass is 16.5. The van der Waals surface area contributed by atoms with Crippen molar-refractivity contribution in [3.05, 3.63) is 59.2 Å². The minimum atomic E-state index is -0.463. The summed E-state index contributed by atoms with van der Waals surface area (Å²) in [5, 5.41) is 12.3. The molecule has 0 unspecified atom stereocenters. The van der Waals surface area contributed by atoms with E-state index in [4.69, 9.17) is 9.47 Å². The van der Waals surface area contributed by atoms with E-state index in [2.05, 4.69) is 5.32 Å². The summed E-state index contributed by atoms with van der Waals surface area (Å²) in [5.41, 5.74) is 2.22. The van der Waals surface area contributed by atoms with Crippen molar-refractivity contribution < 1.29 is 14.3 Å². The molecule has 2 aromatic carbocycles. The maximum absolute atomic E-state index is 12.6. The summed E-state index contributed by atoms with van der Waals surface area (Å²) >= 11 is 0. The number of carbonyl (C=O) groups excluding carboxylic acids is 1. The molecule has 1 amide bonds.